The van der Waals surface area contributed by atoms with Crippen molar-refractivity contribution in [2.75, 3.05) is 0 Å². The monoisotopic (exact) mass is 679 g/mol. The summed E-state index contributed by atoms with van der Waals surface area (Å²) in [6, 6.07) is -2.03. The predicted molar refractivity (Wildman–Crippen MR) is 185 cm³/mol. The van der Waals surface area contributed by atoms with Gasteiger partial charge in [0.25, 0.3) is 5.91 Å². The summed E-state index contributed by atoms with van der Waals surface area (Å²) in [6.45, 7) is 11.3. The van der Waals surface area contributed by atoms with E-state index in [-0.39, 0.29) is 59.3 Å². The highest BCUT2D eigenvalue weighted by molar-refractivity contribution is 6.38. The van der Waals surface area contributed by atoms with E-state index in [0.29, 0.717) is 25.7 Å². The molecule has 8 atom stereocenters. The molecule has 1 heterocycles. The average Bonchev–Trinajstić information content (AvgIpc) is 3.83. The maximum Gasteiger partial charge on any atom is 0.289 e. The minimum absolute atomic E-state index is 0.00701. The Morgan fingerprint density at radius 3 is 2.24 bits per heavy atom. The van der Waals surface area contributed by atoms with Gasteiger partial charge in [-0.05, 0) is 68.6 Å². The van der Waals surface area contributed by atoms with Crippen molar-refractivity contribution in [1.29, 1.82) is 0 Å². The molecule has 1 aromatic heterocycles. The lowest BCUT2D eigenvalue weighted by Crippen LogP contribution is -2.55. The number of nitrogens with one attached hydrogen (secondary N) is 3. The molecule has 49 heavy (non-hydrogen) atoms. The molecule has 0 saturated heterocycles. The third-order valence-corrected chi connectivity index (χ3v) is 11.3. The minimum Gasteiger partial charge on any atom is -0.347 e. The topological polar surface area (TPSA) is 164 Å². The molecule has 3 saturated carbocycles. The van der Waals surface area contributed by atoms with Gasteiger partial charge in [0.15, 0.2) is 11.6 Å². The number of hydrogen-bond acceptors (Lipinski definition) is 8. The van der Waals surface area contributed by atoms with Crippen LogP contribution in [0.25, 0.3) is 0 Å². The molecule has 4 rings (SSSR count). The number of ketones is 3. The highest BCUT2D eigenvalue weighted by atomic mass is 16.2. The predicted octanol–water partition coefficient (Wildman–Crippen LogP) is 4.78. The fraction of sp³-hybridized carbons (Fsp3) is 0.737. The van der Waals surface area contributed by atoms with Crippen LogP contribution in [0, 0.1) is 40.9 Å². The smallest absolute Gasteiger partial charge is 0.289 e. The zero-order valence-corrected chi connectivity index (χ0v) is 30.3. The SMILES string of the molecule is CCC[C@H](NC(=O)[C@H]1C(C(=O)[C@@H](NC(=O)[C@@H](CC(=O)c2cnccn2)C2CCCC2)C(C)(C)C)C[C@@H]2CCC[C@@H]21)C(=O)C(=O)N[C@@H](C)CC. The van der Waals surface area contributed by atoms with Gasteiger partial charge < -0.3 is 16.0 Å². The van der Waals surface area contributed by atoms with Gasteiger partial charge in [-0.1, -0.05) is 66.7 Å². The Labute approximate surface area is 291 Å². The number of rotatable bonds is 16. The van der Waals surface area contributed by atoms with Gasteiger partial charge in [-0.2, -0.15) is 0 Å². The second-order valence-electron chi connectivity index (χ2n) is 15.8. The Kier molecular flexibility index (Phi) is 13.2. The molecule has 3 aliphatic carbocycles. The van der Waals surface area contributed by atoms with Crippen molar-refractivity contribution in [3.8, 4) is 0 Å². The Morgan fingerprint density at radius 1 is 0.918 bits per heavy atom. The van der Waals surface area contributed by atoms with Crippen molar-refractivity contribution < 1.29 is 28.8 Å². The number of carbonyl (C=O) groups excluding carboxylic acids is 6. The molecule has 3 fully saturated rings. The molecule has 0 radical (unpaired) electrons. The zero-order chi connectivity index (χ0) is 35.9. The van der Waals surface area contributed by atoms with Gasteiger partial charge in [-0.3, -0.25) is 33.8 Å². The number of amides is 3. The second kappa shape index (κ2) is 16.9. The number of nitrogens with zero attached hydrogens (tertiary/aromatic N) is 2. The summed E-state index contributed by atoms with van der Waals surface area (Å²) >= 11 is 0. The molecular formula is C38H57N5O6. The van der Waals surface area contributed by atoms with E-state index in [1.807, 2.05) is 41.5 Å². The largest absolute Gasteiger partial charge is 0.347 e. The summed E-state index contributed by atoms with van der Waals surface area (Å²) in [5.41, 5.74) is -0.458. The van der Waals surface area contributed by atoms with Crippen molar-refractivity contribution in [3.05, 3.63) is 24.3 Å². The Balaban J connectivity index is 1.56. The average molecular weight is 680 g/mol. The summed E-state index contributed by atoms with van der Waals surface area (Å²) in [5.74, 6) is -4.21. The molecule has 3 N–H and O–H groups in total. The number of fused-ring (bicyclic) bond motifs is 1. The van der Waals surface area contributed by atoms with E-state index in [2.05, 4.69) is 25.9 Å². The Morgan fingerprint density at radius 2 is 1.63 bits per heavy atom. The van der Waals surface area contributed by atoms with Crippen LogP contribution >= 0.6 is 0 Å². The number of carbonyl (C=O) groups is 6. The maximum atomic E-state index is 14.7. The summed E-state index contributed by atoms with van der Waals surface area (Å²) in [7, 11) is 0. The lowest BCUT2D eigenvalue weighted by atomic mass is 9.75. The van der Waals surface area contributed by atoms with Crippen molar-refractivity contribution in [3.63, 3.8) is 0 Å². The highest BCUT2D eigenvalue weighted by Gasteiger charge is 2.54. The van der Waals surface area contributed by atoms with Crippen molar-refractivity contribution in [2.24, 2.45) is 40.9 Å². The van der Waals surface area contributed by atoms with Crippen LogP contribution in [0.3, 0.4) is 0 Å². The van der Waals surface area contributed by atoms with Gasteiger partial charge in [0.05, 0.1) is 24.2 Å². The first kappa shape index (κ1) is 38.3. The highest BCUT2D eigenvalue weighted by Crippen LogP contribution is 2.52. The van der Waals surface area contributed by atoms with E-state index in [1.54, 1.807) is 0 Å². The molecule has 3 aliphatic rings. The summed E-state index contributed by atoms with van der Waals surface area (Å²) in [6.07, 6.45) is 12.8. The standard InChI is InChI=1S/C38H57N5O6/c1-7-12-28(33(46)37(49)41-22(3)8-2)42-36(48)31-25-16-11-15-24(25)19-27(31)32(45)34(38(4,5)6)43-35(47)26(23-13-9-10-14-23)20-30(44)29-21-39-17-18-40-29/h17-18,21-28,31,34H,7-16,19-20H2,1-6H3,(H,41,49)(H,42,48)(H,43,47)/t22-,24-,25-,26-,27?,28-,31+,34+/m0/s1. The fourth-order valence-electron chi connectivity index (χ4n) is 8.41. The number of Topliss-reactive ketones (excluding diaryl/α,β-unsaturated/α-hetero) is 3. The van der Waals surface area contributed by atoms with Gasteiger partial charge in [-0.25, -0.2) is 4.98 Å². The van der Waals surface area contributed by atoms with E-state index in [0.717, 1.165) is 44.9 Å². The van der Waals surface area contributed by atoms with Gasteiger partial charge >= 0.3 is 0 Å². The van der Waals surface area contributed by atoms with Crippen LogP contribution in [0.15, 0.2) is 18.6 Å². The Bertz CT molecular complexity index is 1350. The molecule has 270 valence electrons. The summed E-state index contributed by atoms with van der Waals surface area (Å²) < 4.78 is 0. The van der Waals surface area contributed by atoms with Crippen LogP contribution in [0.2, 0.25) is 0 Å². The molecule has 0 aromatic carbocycles. The molecule has 11 heteroatoms. The molecule has 1 unspecified atom stereocenters. The van der Waals surface area contributed by atoms with Crippen LogP contribution in [0.1, 0.15) is 129 Å². The van der Waals surface area contributed by atoms with Gasteiger partial charge in [0, 0.05) is 36.7 Å². The molecule has 0 aliphatic heterocycles. The van der Waals surface area contributed by atoms with Crippen LogP contribution in [-0.4, -0.2) is 63.2 Å². The molecule has 0 bridgehead atoms. The van der Waals surface area contributed by atoms with E-state index in [9.17, 15) is 28.8 Å². The lowest BCUT2D eigenvalue weighted by Gasteiger charge is -2.36. The summed E-state index contributed by atoms with van der Waals surface area (Å²) in [5, 5.41) is 8.71. The van der Waals surface area contributed by atoms with Crippen LogP contribution < -0.4 is 16.0 Å². The van der Waals surface area contributed by atoms with Crippen LogP contribution in [-0.2, 0) is 24.0 Å². The van der Waals surface area contributed by atoms with Gasteiger partial charge in [0.1, 0.15) is 5.69 Å². The zero-order valence-electron chi connectivity index (χ0n) is 30.3. The summed E-state index contributed by atoms with van der Waals surface area (Å²) in [4.78, 5) is 90.3. The van der Waals surface area contributed by atoms with E-state index in [4.69, 9.17) is 0 Å². The van der Waals surface area contributed by atoms with Crippen molar-refractivity contribution in [1.82, 2.24) is 25.9 Å². The van der Waals surface area contributed by atoms with Crippen LogP contribution in [0.4, 0.5) is 0 Å². The Hall–Kier alpha value is -3.50. The number of hydrogen-bond donors (Lipinski definition) is 3. The lowest BCUT2D eigenvalue weighted by molar-refractivity contribution is -0.142. The molecule has 0 spiro atoms. The molecular weight excluding hydrogens is 622 g/mol. The van der Waals surface area contributed by atoms with Gasteiger partial charge in [-0.15, -0.1) is 0 Å². The first-order valence-corrected chi connectivity index (χ1v) is 18.5. The van der Waals surface area contributed by atoms with Gasteiger partial charge in [0.2, 0.25) is 17.6 Å². The van der Waals surface area contributed by atoms with Crippen molar-refractivity contribution in [2.45, 2.75) is 137 Å². The first-order chi connectivity index (χ1) is 23.3. The first-order valence-electron chi connectivity index (χ1n) is 18.5. The van der Waals surface area contributed by atoms with E-state index < -0.39 is 46.9 Å². The quantitative estimate of drug-likeness (QED) is 0.166. The normalized spacial score (nSPS) is 24.7. The van der Waals surface area contributed by atoms with E-state index >= 15 is 0 Å². The molecule has 11 nitrogen and oxygen atoms in total. The van der Waals surface area contributed by atoms with Crippen molar-refractivity contribution >= 4 is 35.1 Å². The number of aromatic nitrogens is 2. The second-order valence-corrected chi connectivity index (χ2v) is 15.8. The third kappa shape index (κ3) is 9.39. The fourth-order valence-corrected chi connectivity index (χ4v) is 8.41. The molecule has 1 aromatic rings. The van der Waals surface area contributed by atoms with Crippen LogP contribution in [0.5, 0.6) is 0 Å². The third-order valence-electron chi connectivity index (χ3n) is 11.3. The molecule has 3 amide bonds. The maximum absolute atomic E-state index is 14.7. The minimum atomic E-state index is -0.977. The van der Waals surface area contributed by atoms with E-state index in [1.165, 1.54) is 18.6 Å².